The average molecular weight is 1920 g/mol. The van der Waals surface area contributed by atoms with Gasteiger partial charge in [-0.1, -0.05) is 439 Å². The molecule has 0 saturated carbocycles. The Bertz CT molecular complexity index is 8120. The summed E-state index contributed by atoms with van der Waals surface area (Å²) in [6, 6.07) is 127. The summed E-state index contributed by atoms with van der Waals surface area (Å²) in [6.45, 7) is 49.2. The Hall–Kier alpha value is -15.3. The van der Waals surface area contributed by atoms with E-state index in [9.17, 15) is 0 Å². The van der Waals surface area contributed by atoms with Crippen LogP contribution in [-0.2, 0) is 44.3 Å². The molecule has 736 valence electrons. The first-order valence-corrected chi connectivity index (χ1v) is 51.0. The quantitative estimate of drug-likeness (QED) is 0.135. The number of hydrogen-bond acceptors (Lipinski definition) is 6. The van der Waals surface area contributed by atoms with Crippen LogP contribution >= 0.6 is 0 Å². The predicted octanol–water partition coefficient (Wildman–Crippen LogP) is 36.6. The van der Waals surface area contributed by atoms with Gasteiger partial charge in [0, 0.05) is 115 Å². The summed E-state index contributed by atoms with van der Waals surface area (Å²) in [5.74, 6) is 3.18. The van der Waals surface area contributed by atoms with E-state index in [0.717, 1.165) is 56.9 Å². The molecule has 0 saturated heterocycles. The highest BCUT2D eigenvalue weighted by Crippen LogP contribution is 2.45. The van der Waals surface area contributed by atoms with Gasteiger partial charge in [0.1, 0.15) is 23.3 Å². The van der Waals surface area contributed by atoms with Crippen molar-refractivity contribution in [1.82, 2.24) is 48.2 Å². The third-order valence-corrected chi connectivity index (χ3v) is 27.2. The Balaban J connectivity index is 0.000000127. The summed E-state index contributed by atoms with van der Waals surface area (Å²) in [5.41, 5.74) is 28.1. The Labute approximate surface area is 873 Å². The van der Waals surface area contributed by atoms with Crippen molar-refractivity contribution < 1.29 is 8.22 Å². The second-order valence-electron chi connectivity index (χ2n) is 45.5. The molecule has 10 aromatic heterocycles. The molecule has 0 aliphatic heterocycles. The van der Waals surface area contributed by atoms with Gasteiger partial charge in [-0.05, 0) is 198 Å². The average Bonchev–Trinajstić information content (AvgIpc) is 1.43. The first-order valence-electron chi connectivity index (χ1n) is 54.0. The molecule has 0 aliphatic rings. The summed E-state index contributed by atoms with van der Waals surface area (Å²) in [6.07, 6.45) is 6.16. The molecule has 12 aromatic carbocycles. The summed E-state index contributed by atoms with van der Waals surface area (Å²) in [5, 5.41) is 9.96. The van der Waals surface area contributed by atoms with Crippen LogP contribution in [0.1, 0.15) is 236 Å². The van der Waals surface area contributed by atoms with Gasteiger partial charge in [-0.15, -0.1) is 0 Å². The van der Waals surface area contributed by atoms with Crippen molar-refractivity contribution in [2.24, 2.45) is 0 Å². The molecule has 0 amide bonds. The van der Waals surface area contributed by atoms with Gasteiger partial charge in [0.05, 0.1) is 55.5 Å². The Morgan fingerprint density at radius 3 is 0.884 bits per heavy atom. The van der Waals surface area contributed by atoms with Crippen molar-refractivity contribution in [2.45, 2.75) is 223 Å². The molecule has 10 heterocycles. The van der Waals surface area contributed by atoms with Gasteiger partial charge in [0.2, 0.25) is 0 Å². The minimum absolute atomic E-state index is 0.0270. The molecule has 10 nitrogen and oxygen atoms in total. The summed E-state index contributed by atoms with van der Waals surface area (Å²) in [4.78, 5) is 28.5. The number of rotatable bonds is 10. The normalized spacial score (nSPS) is 13.0. The fourth-order valence-electron chi connectivity index (χ4n) is 19.9. The van der Waals surface area contributed by atoms with E-state index in [0.29, 0.717) is 0 Å². The molecular weight excluding hydrogens is 1770 g/mol. The van der Waals surface area contributed by atoms with Crippen molar-refractivity contribution in [3.63, 3.8) is 0 Å². The molecule has 0 N–H and O–H groups in total. The maximum absolute atomic E-state index is 8.35. The van der Waals surface area contributed by atoms with Crippen LogP contribution in [0.15, 0.2) is 389 Å². The summed E-state index contributed by atoms with van der Waals surface area (Å²) >= 11 is 0. The van der Waals surface area contributed by atoms with Gasteiger partial charge in [0.15, 0.2) is 0 Å². The highest BCUT2D eigenvalue weighted by atomic mass is 15.2. The van der Waals surface area contributed by atoms with Gasteiger partial charge in [-0.3, -0.25) is 33.2 Å². The van der Waals surface area contributed by atoms with Crippen LogP contribution in [0, 0.1) is 6.85 Å². The van der Waals surface area contributed by atoms with Crippen molar-refractivity contribution in [3.8, 4) is 68.0 Å². The third-order valence-electron chi connectivity index (χ3n) is 27.2. The molecule has 10 heteroatoms. The first-order chi connectivity index (χ1) is 71.8. The molecule has 0 radical (unpaired) electrons. The van der Waals surface area contributed by atoms with E-state index in [2.05, 4.69) is 498 Å². The summed E-state index contributed by atoms with van der Waals surface area (Å²) < 4.78 is 55.3. The van der Waals surface area contributed by atoms with E-state index in [1.807, 2.05) is 71.5 Å². The second-order valence-corrected chi connectivity index (χ2v) is 45.5. The number of aromatic nitrogens is 10. The lowest BCUT2D eigenvalue weighted by molar-refractivity contribution is 0.518. The second kappa shape index (κ2) is 41.8. The smallest absolute Gasteiger partial charge is 0.143 e. The van der Waals surface area contributed by atoms with Crippen LogP contribution in [-0.4, -0.2) is 48.2 Å². The fourth-order valence-corrected chi connectivity index (χ4v) is 19.9. The van der Waals surface area contributed by atoms with Crippen LogP contribution in [0.25, 0.3) is 155 Å². The minimum atomic E-state index is -2.32. The zero-order chi connectivity index (χ0) is 109. The molecule has 0 aliphatic carbocycles. The van der Waals surface area contributed by atoms with Crippen LogP contribution in [0.4, 0.5) is 0 Å². The number of para-hydroxylation sites is 8. The Morgan fingerprint density at radius 1 is 0.267 bits per heavy atom. The SMILES string of the molecule is CC(C)(C)c1c(-c2ccccc2)cncc1-c1ccccc1.CC(C)(C)c1cc(-c2ccccc2)nc(-c2ccccc2)c1.CC(C)(C)c1cc(-n2c3ccccc3c3ccccc32)nc(-n2c3ccccc3c3ccccc32)c1.CC(C)(C)c1ccc(-n2c3ccccc3c3ccccc32)nc1-n1c2ccccc2c2ccccc21.[2H]C(C)(C)c1cncc(C(C)(C)C)c1C(C)(C)C.[2H]C([2H])([2H])c1cc(C(C)(C)C)cc(C([2H])([2H])C)n1. The largest absolute Gasteiger partial charge is 0.294 e. The third kappa shape index (κ3) is 21.9. The highest BCUT2D eigenvalue weighted by Gasteiger charge is 2.32. The molecule has 0 fully saturated rings. The van der Waals surface area contributed by atoms with Crippen molar-refractivity contribution in [1.29, 1.82) is 0 Å². The molecule has 22 aromatic rings. The molecule has 0 atom stereocenters. The number of nitrogens with zero attached hydrogens (tertiary/aromatic N) is 10. The monoisotopic (exact) mass is 1920 g/mol. The van der Waals surface area contributed by atoms with E-state index in [1.165, 1.54) is 150 Å². The number of hydrogen-bond donors (Lipinski definition) is 0. The van der Waals surface area contributed by atoms with Gasteiger partial charge in [-0.2, -0.15) is 0 Å². The lowest BCUT2D eigenvalue weighted by atomic mass is 9.73. The van der Waals surface area contributed by atoms with E-state index in [-0.39, 0.29) is 49.3 Å². The van der Waals surface area contributed by atoms with E-state index in [1.54, 1.807) is 12.1 Å². The zero-order valence-corrected chi connectivity index (χ0v) is 89.4. The van der Waals surface area contributed by atoms with Gasteiger partial charge >= 0.3 is 0 Å². The molecule has 0 bridgehead atoms. The zero-order valence-electron chi connectivity index (χ0n) is 95.4. The topological polar surface area (TPSA) is 97.1 Å². The van der Waals surface area contributed by atoms with Gasteiger partial charge in [-0.25, -0.2) is 15.0 Å². The van der Waals surface area contributed by atoms with Crippen LogP contribution < -0.4 is 0 Å². The predicted molar refractivity (Wildman–Crippen MR) is 624 cm³/mol. The van der Waals surface area contributed by atoms with Crippen LogP contribution in [0.3, 0.4) is 0 Å². The minimum Gasteiger partial charge on any atom is -0.294 e. The first kappa shape index (κ1) is 94.3. The fraction of sp³-hybridized carbons (Fsp3) is 0.250. The molecular formula is C136H142N10. The van der Waals surface area contributed by atoms with Crippen LogP contribution in [0.5, 0.6) is 0 Å². The molecule has 0 spiro atoms. The number of benzene rings is 12. The van der Waals surface area contributed by atoms with Crippen molar-refractivity contribution in [3.05, 3.63) is 445 Å². The number of aryl methyl sites for hydroxylation is 2. The van der Waals surface area contributed by atoms with Gasteiger partial charge < -0.3 is 0 Å². The van der Waals surface area contributed by atoms with E-state index >= 15 is 0 Å². The lowest BCUT2D eigenvalue weighted by Gasteiger charge is -2.32. The maximum Gasteiger partial charge on any atom is 0.143 e. The standard InChI is InChI=1S/2C33H27N3.2C21H21N.C16H27N.C12H19N/c1-33(2,3)22-20-31(35-27-16-8-4-12-23(27)24-13-5-9-17-28(24)35)34-32(21-22)36-29-18-10-6-14-25(29)26-15-7-11-19-30(26)36;1-33(2,3)26-20-21-31(35-27-16-8-4-12-22(27)23-13-5-9-17-28(23)35)34-32(26)36-29-18-10-6-14-24(29)25-15-7-11-19-30(25)36;1-21(2,3)20-18(16-10-6-4-7-11-16)14-22-15-19(20)17-12-8-5-9-13-17;1-21(2,3)18-14-19(16-10-6-4-7-11-16)22-20(15-18)17-12-8-5-9-13-17;1-11(2)12-9-17-10-13(15(3,4)5)14(12)16(6,7)8;1-6-11-8-10(12(3,4)5)7-9(2)13-11/h2*4-21H,1-3H3;2*4-15H,1-3H3;9-11H,1-8H3;7-8H,6H2,1-5H3/i;;;;11D;2D3,6D2. The number of fused-ring (bicyclic) bond motifs is 12. The Morgan fingerprint density at radius 2 is 0.568 bits per heavy atom. The molecule has 0 unspecified atom stereocenters. The van der Waals surface area contributed by atoms with Crippen molar-refractivity contribution >= 4 is 87.2 Å². The van der Waals surface area contributed by atoms with Gasteiger partial charge in [0.25, 0.3) is 0 Å². The maximum atomic E-state index is 8.35. The van der Waals surface area contributed by atoms with E-state index < -0.39 is 19.1 Å². The van der Waals surface area contributed by atoms with Crippen LogP contribution in [0.2, 0.25) is 0 Å². The molecule has 146 heavy (non-hydrogen) atoms. The summed E-state index contributed by atoms with van der Waals surface area (Å²) in [7, 11) is 0. The molecule has 22 rings (SSSR count). The van der Waals surface area contributed by atoms with E-state index in [4.69, 9.17) is 23.2 Å². The Kier molecular flexibility index (Phi) is 27.0. The lowest BCUT2D eigenvalue weighted by Crippen LogP contribution is -2.24. The van der Waals surface area contributed by atoms with Crippen molar-refractivity contribution in [2.75, 3.05) is 0 Å². The number of pyridine rings is 6. The highest BCUT2D eigenvalue weighted by molar-refractivity contribution is 6.12.